The molecule has 4 nitrogen and oxygen atoms in total. The van der Waals surface area contributed by atoms with Crippen LogP contribution in [0.15, 0.2) is 149 Å². The van der Waals surface area contributed by atoms with E-state index >= 15 is 0 Å². The second kappa shape index (κ2) is 13.4. The summed E-state index contributed by atoms with van der Waals surface area (Å²) in [7, 11) is -3.94. The lowest BCUT2D eigenvalue weighted by molar-refractivity contribution is -0.137. The van der Waals surface area contributed by atoms with Crippen LogP contribution in [0.3, 0.4) is 0 Å². The van der Waals surface area contributed by atoms with Crippen molar-refractivity contribution in [3.63, 3.8) is 0 Å². The van der Waals surface area contributed by atoms with Crippen molar-refractivity contribution in [2.45, 2.75) is 30.0 Å². The molecule has 2 atom stereocenters. The summed E-state index contributed by atoms with van der Waals surface area (Å²) >= 11 is 0. The summed E-state index contributed by atoms with van der Waals surface area (Å²) in [6.07, 6.45) is -4.51. The number of alkyl halides is 3. The zero-order chi connectivity index (χ0) is 31.2. The van der Waals surface area contributed by atoms with E-state index in [1.165, 1.54) is 24.3 Å². The molecule has 0 amide bonds. The number of halogens is 3. The standard InChI is InChI=1S/C36H31F3N2O2S/c1-26-17-23-32(24-18-26)44(42,43)40-25-33(27-19-21-31(22-20-27)36(37,38)39)35(30-15-9-4-10-16-30)41-34(28-11-5-2-6-12-28)29-13-7-3-8-14-29/h2-24,33,35,40H,25H2,1H3/t33-,35+/m0/s1. The summed E-state index contributed by atoms with van der Waals surface area (Å²) in [4.78, 5) is 5.38. The normalized spacial score (nSPS) is 13.2. The molecule has 8 heteroatoms. The van der Waals surface area contributed by atoms with Crippen molar-refractivity contribution in [3.8, 4) is 0 Å². The molecule has 0 saturated heterocycles. The molecule has 0 aliphatic carbocycles. The Labute approximate surface area is 256 Å². The Bertz CT molecular complexity index is 1750. The molecule has 0 spiro atoms. The largest absolute Gasteiger partial charge is 0.416 e. The molecule has 0 bridgehead atoms. The molecule has 0 aliphatic rings. The van der Waals surface area contributed by atoms with Crippen LogP contribution in [0.5, 0.6) is 0 Å². The number of hydrogen-bond acceptors (Lipinski definition) is 3. The molecule has 0 fully saturated rings. The van der Waals surface area contributed by atoms with Crippen molar-refractivity contribution >= 4 is 15.7 Å². The maximum atomic E-state index is 13.5. The Kier molecular flexibility index (Phi) is 9.42. The van der Waals surface area contributed by atoms with Crippen LogP contribution < -0.4 is 4.72 Å². The van der Waals surface area contributed by atoms with E-state index in [1.54, 1.807) is 12.1 Å². The van der Waals surface area contributed by atoms with Gasteiger partial charge in [-0.25, -0.2) is 13.1 Å². The lowest BCUT2D eigenvalue weighted by atomic mass is 9.86. The number of sulfonamides is 1. The second-order valence-corrected chi connectivity index (χ2v) is 12.2. The van der Waals surface area contributed by atoms with Crippen molar-refractivity contribution in [1.29, 1.82) is 0 Å². The van der Waals surface area contributed by atoms with E-state index in [-0.39, 0.29) is 11.4 Å². The van der Waals surface area contributed by atoms with Gasteiger partial charge < -0.3 is 0 Å². The summed E-state index contributed by atoms with van der Waals surface area (Å²) < 4.78 is 70.0. The van der Waals surface area contributed by atoms with Gasteiger partial charge in [-0.1, -0.05) is 121 Å². The topological polar surface area (TPSA) is 58.5 Å². The molecule has 1 N–H and O–H groups in total. The summed E-state index contributed by atoms with van der Waals surface area (Å²) in [6, 6.07) is 39.3. The first-order chi connectivity index (χ1) is 21.1. The van der Waals surface area contributed by atoms with Gasteiger partial charge in [-0.3, -0.25) is 4.99 Å². The molecule has 5 rings (SSSR count). The van der Waals surface area contributed by atoms with Crippen LogP contribution in [-0.4, -0.2) is 20.7 Å². The van der Waals surface area contributed by atoms with Crippen LogP contribution in [0.2, 0.25) is 0 Å². The molecular weight excluding hydrogens is 581 g/mol. The first-order valence-corrected chi connectivity index (χ1v) is 15.6. The van der Waals surface area contributed by atoms with E-state index in [4.69, 9.17) is 4.99 Å². The number of benzene rings is 5. The lowest BCUT2D eigenvalue weighted by Gasteiger charge is -2.27. The van der Waals surface area contributed by atoms with Crippen molar-refractivity contribution in [2.75, 3.05) is 6.54 Å². The highest BCUT2D eigenvalue weighted by Gasteiger charge is 2.32. The van der Waals surface area contributed by atoms with E-state index in [1.807, 2.05) is 97.9 Å². The smallest absolute Gasteiger partial charge is 0.275 e. The molecule has 5 aromatic carbocycles. The molecular formula is C36H31F3N2O2S. The quantitative estimate of drug-likeness (QED) is 0.161. The third kappa shape index (κ3) is 7.51. The number of hydrogen-bond donors (Lipinski definition) is 1. The summed E-state index contributed by atoms with van der Waals surface area (Å²) in [5.41, 5.74) is 3.82. The first kappa shape index (κ1) is 30.9. The molecule has 0 heterocycles. The SMILES string of the molecule is Cc1ccc(S(=O)(=O)NC[C@@H](c2ccc(C(F)(F)F)cc2)[C@H](N=C(c2ccccc2)c2ccccc2)c2ccccc2)cc1. The van der Waals surface area contributed by atoms with E-state index in [2.05, 4.69) is 4.72 Å². The van der Waals surface area contributed by atoms with Gasteiger partial charge in [0, 0.05) is 23.6 Å². The van der Waals surface area contributed by atoms with E-state index in [9.17, 15) is 21.6 Å². The predicted molar refractivity (Wildman–Crippen MR) is 168 cm³/mol. The van der Waals surface area contributed by atoms with Crippen LogP contribution in [0, 0.1) is 6.92 Å². The van der Waals surface area contributed by atoms with Gasteiger partial charge in [-0.2, -0.15) is 13.2 Å². The van der Waals surface area contributed by atoms with Crippen molar-refractivity contribution in [3.05, 3.63) is 173 Å². The Morgan fingerprint density at radius 2 is 1.18 bits per heavy atom. The fourth-order valence-electron chi connectivity index (χ4n) is 5.03. The molecule has 44 heavy (non-hydrogen) atoms. The zero-order valence-corrected chi connectivity index (χ0v) is 24.8. The molecule has 0 saturated carbocycles. The van der Waals surface area contributed by atoms with Crippen molar-refractivity contribution < 1.29 is 21.6 Å². The van der Waals surface area contributed by atoms with Gasteiger partial charge in [0.25, 0.3) is 0 Å². The third-order valence-electron chi connectivity index (χ3n) is 7.38. The molecule has 0 unspecified atom stereocenters. The van der Waals surface area contributed by atoms with Crippen LogP contribution in [-0.2, 0) is 16.2 Å². The van der Waals surface area contributed by atoms with Crippen molar-refractivity contribution in [2.24, 2.45) is 4.99 Å². The fraction of sp³-hybridized carbons (Fsp3) is 0.139. The molecule has 0 aromatic heterocycles. The first-order valence-electron chi connectivity index (χ1n) is 14.1. The predicted octanol–water partition coefficient (Wildman–Crippen LogP) is 8.35. The van der Waals surface area contributed by atoms with Gasteiger partial charge >= 0.3 is 6.18 Å². The van der Waals surface area contributed by atoms with E-state index in [0.29, 0.717) is 11.3 Å². The van der Waals surface area contributed by atoms with Crippen LogP contribution >= 0.6 is 0 Å². The van der Waals surface area contributed by atoms with Gasteiger partial charge in [0.05, 0.1) is 22.2 Å². The maximum Gasteiger partial charge on any atom is 0.416 e. The number of nitrogens with one attached hydrogen (secondary N) is 1. The average molecular weight is 613 g/mol. The molecule has 224 valence electrons. The van der Waals surface area contributed by atoms with Crippen LogP contribution in [0.1, 0.15) is 45.3 Å². The number of nitrogens with zero attached hydrogens (tertiary/aromatic N) is 1. The van der Waals surface area contributed by atoms with E-state index < -0.39 is 33.7 Å². The van der Waals surface area contributed by atoms with Gasteiger partial charge in [-0.15, -0.1) is 0 Å². The molecule has 0 radical (unpaired) electrons. The minimum Gasteiger partial charge on any atom is -0.275 e. The number of rotatable bonds is 10. The van der Waals surface area contributed by atoms with Gasteiger partial charge in [0.2, 0.25) is 10.0 Å². The number of aliphatic imine (C=N–C) groups is 1. The Morgan fingerprint density at radius 1 is 0.682 bits per heavy atom. The van der Waals surface area contributed by atoms with E-state index in [0.717, 1.165) is 34.4 Å². The Hall–Kier alpha value is -4.53. The van der Waals surface area contributed by atoms with Gasteiger partial charge in [-0.05, 0) is 42.3 Å². The third-order valence-corrected chi connectivity index (χ3v) is 8.82. The Morgan fingerprint density at radius 3 is 1.68 bits per heavy atom. The van der Waals surface area contributed by atoms with Crippen LogP contribution in [0.25, 0.3) is 0 Å². The Balaban J connectivity index is 1.66. The highest BCUT2D eigenvalue weighted by molar-refractivity contribution is 7.89. The van der Waals surface area contributed by atoms with Gasteiger partial charge in [0.15, 0.2) is 0 Å². The highest BCUT2D eigenvalue weighted by Crippen LogP contribution is 2.37. The van der Waals surface area contributed by atoms with Crippen molar-refractivity contribution in [1.82, 2.24) is 4.72 Å². The second-order valence-electron chi connectivity index (χ2n) is 10.5. The molecule has 0 aliphatic heterocycles. The monoisotopic (exact) mass is 612 g/mol. The highest BCUT2D eigenvalue weighted by atomic mass is 32.2. The summed E-state index contributed by atoms with van der Waals surface area (Å²) in [6.45, 7) is 1.76. The van der Waals surface area contributed by atoms with Crippen LogP contribution in [0.4, 0.5) is 13.2 Å². The minimum absolute atomic E-state index is 0.100. The lowest BCUT2D eigenvalue weighted by Crippen LogP contribution is -2.31. The molecule has 5 aromatic rings. The minimum atomic E-state index is -4.51. The van der Waals surface area contributed by atoms with Gasteiger partial charge in [0.1, 0.15) is 0 Å². The average Bonchev–Trinajstić information content (AvgIpc) is 3.04. The summed E-state index contributed by atoms with van der Waals surface area (Å²) in [5.74, 6) is -0.665. The fourth-order valence-corrected chi connectivity index (χ4v) is 6.09. The zero-order valence-electron chi connectivity index (χ0n) is 23.9. The maximum absolute atomic E-state index is 13.5. The number of aryl methyl sites for hydroxylation is 1. The summed E-state index contributed by atoms with van der Waals surface area (Å²) in [5, 5.41) is 0.